The second-order valence-electron chi connectivity index (χ2n) is 6.25. The third-order valence-electron chi connectivity index (χ3n) is 4.81. The molecule has 5 heteroatoms. The highest BCUT2D eigenvalue weighted by Gasteiger charge is 2.43. The molecule has 0 radical (unpaired) electrons. The van der Waals surface area contributed by atoms with Crippen LogP contribution >= 0.6 is 11.8 Å². The molecule has 0 spiro atoms. The van der Waals surface area contributed by atoms with Crippen LogP contribution in [-0.2, 0) is 9.53 Å². The Hall–Kier alpha value is -2.01. The Morgan fingerprint density at radius 3 is 2.75 bits per heavy atom. The van der Waals surface area contributed by atoms with Crippen LogP contribution in [0.3, 0.4) is 0 Å². The number of rotatable bonds is 2. The summed E-state index contributed by atoms with van der Waals surface area (Å²) < 4.78 is 5.08. The molecule has 0 amide bonds. The zero-order valence-corrected chi connectivity index (χ0v) is 14.7. The third-order valence-corrected chi connectivity index (χ3v) is 5.96. The maximum Gasteiger partial charge on any atom is 0.338 e. The molecule has 0 bridgehead atoms. The van der Waals surface area contributed by atoms with Crippen molar-refractivity contribution in [1.82, 2.24) is 4.90 Å². The lowest BCUT2D eigenvalue weighted by molar-refractivity contribution is -0.136. The Morgan fingerprint density at radius 2 is 2.00 bits per heavy atom. The summed E-state index contributed by atoms with van der Waals surface area (Å²) in [5, 5.41) is 1.00. The number of carbonyl (C=O) groups is 1. The molecule has 2 heterocycles. The molecule has 0 saturated heterocycles. The van der Waals surface area contributed by atoms with E-state index in [9.17, 15) is 4.79 Å². The van der Waals surface area contributed by atoms with Crippen molar-refractivity contribution in [3.63, 3.8) is 0 Å². The van der Waals surface area contributed by atoms with E-state index in [4.69, 9.17) is 9.73 Å². The van der Waals surface area contributed by atoms with Crippen molar-refractivity contribution in [1.29, 1.82) is 0 Å². The lowest BCUT2D eigenvalue weighted by Gasteiger charge is -2.36. The van der Waals surface area contributed by atoms with Gasteiger partial charge in [-0.05, 0) is 38.2 Å². The van der Waals surface area contributed by atoms with Crippen molar-refractivity contribution in [3.8, 4) is 0 Å². The van der Waals surface area contributed by atoms with Gasteiger partial charge in [-0.1, -0.05) is 42.1 Å². The van der Waals surface area contributed by atoms with E-state index in [1.54, 1.807) is 11.8 Å². The van der Waals surface area contributed by atoms with Gasteiger partial charge in [0.1, 0.15) is 0 Å². The first-order valence-corrected chi connectivity index (χ1v) is 9.14. The van der Waals surface area contributed by atoms with Crippen LogP contribution in [0.25, 0.3) is 0 Å². The molecular weight excluding hydrogens is 320 g/mol. The van der Waals surface area contributed by atoms with Gasteiger partial charge in [0.25, 0.3) is 0 Å². The van der Waals surface area contributed by atoms with Gasteiger partial charge in [0.2, 0.25) is 0 Å². The fourth-order valence-electron chi connectivity index (χ4n) is 3.70. The predicted molar refractivity (Wildman–Crippen MR) is 96.3 cm³/mol. The number of amidine groups is 1. The maximum atomic E-state index is 12.5. The van der Waals surface area contributed by atoms with Crippen LogP contribution in [0.4, 0.5) is 0 Å². The monoisotopic (exact) mass is 340 g/mol. The molecule has 1 aromatic rings. The number of esters is 1. The minimum Gasteiger partial charge on any atom is -0.466 e. The van der Waals surface area contributed by atoms with E-state index in [1.807, 2.05) is 25.1 Å². The minimum absolute atomic E-state index is 0.149. The highest BCUT2D eigenvalue weighted by atomic mass is 32.2. The van der Waals surface area contributed by atoms with Crippen LogP contribution in [0.1, 0.15) is 44.2 Å². The minimum atomic E-state index is -0.293. The molecule has 2 aliphatic heterocycles. The summed E-state index contributed by atoms with van der Waals surface area (Å²) in [6.45, 7) is 1.91. The summed E-state index contributed by atoms with van der Waals surface area (Å²) in [5.74, 6) is -0.293. The SMILES string of the molecule is COC(=O)C1=C(C)N=C2SC3=C(CCCC3)N2[C@@H]1c1ccccc1. The highest BCUT2D eigenvalue weighted by Crippen LogP contribution is 2.50. The second kappa shape index (κ2) is 6.13. The first-order valence-electron chi connectivity index (χ1n) is 8.32. The van der Waals surface area contributed by atoms with Gasteiger partial charge in [-0.25, -0.2) is 9.79 Å². The average Bonchev–Trinajstić information content (AvgIpc) is 2.98. The third kappa shape index (κ3) is 2.38. The van der Waals surface area contributed by atoms with Gasteiger partial charge in [0, 0.05) is 10.6 Å². The van der Waals surface area contributed by atoms with E-state index < -0.39 is 0 Å². The number of fused-ring (bicyclic) bond motifs is 2. The molecule has 4 rings (SSSR count). The molecule has 0 saturated carbocycles. The summed E-state index contributed by atoms with van der Waals surface area (Å²) in [5.41, 5.74) is 3.85. The van der Waals surface area contributed by atoms with Gasteiger partial charge in [0.05, 0.1) is 24.4 Å². The van der Waals surface area contributed by atoms with Crippen LogP contribution in [0.15, 0.2) is 57.2 Å². The maximum absolute atomic E-state index is 12.5. The van der Waals surface area contributed by atoms with Crippen LogP contribution < -0.4 is 0 Å². The zero-order chi connectivity index (χ0) is 16.7. The van der Waals surface area contributed by atoms with Crippen LogP contribution in [0.2, 0.25) is 0 Å². The predicted octanol–water partition coefficient (Wildman–Crippen LogP) is 4.38. The number of aliphatic imine (C=N–C) groups is 1. The van der Waals surface area contributed by atoms with Crippen LogP contribution in [0, 0.1) is 0 Å². The normalized spacial score (nSPS) is 23.0. The van der Waals surface area contributed by atoms with Crippen molar-refractivity contribution in [2.45, 2.75) is 38.6 Å². The van der Waals surface area contributed by atoms with Gasteiger partial charge in [0.15, 0.2) is 5.17 Å². The zero-order valence-electron chi connectivity index (χ0n) is 13.9. The molecule has 0 fully saturated rings. The largest absolute Gasteiger partial charge is 0.466 e. The van der Waals surface area contributed by atoms with Crippen molar-refractivity contribution in [2.24, 2.45) is 4.99 Å². The van der Waals surface area contributed by atoms with Gasteiger partial charge in [-0.3, -0.25) is 0 Å². The summed E-state index contributed by atoms with van der Waals surface area (Å²) in [6, 6.07) is 10.0. The first kappa shape index (κ1) is 15.5. The van der Waals surface area contributed by atoms with Crippen LogP contribution in [-0.4, -0.2) is 23.1 Å². The Labute approximate surface area is 146 Å². The molecule has 4 nitrogen and oxygen atoms in total. The van der Waals surface area contributed by atoms with Crippen molar-refractivity contribution in [3.05, 3.63) is 57.8 Å². The number of nitrogens with zero attached hydrogens (tertiary/aromatic N) is 2. The number of methoxy groups -OCH3 is 1. The lowest BCUT2D eigenvalue weighted by Crippen LogP contribution is -2.36. The van der Waals surface area contributed by atoms with Gasteiger partial charge in [-0.15, -0.1) is 0 Å². The highest BCUT2D eigenvalue weighted by molar-refractivity contribution is 8.17. The van der Waals surface area contributed by atoms with E-state index in [-0.39, 0.29) is 12.0 Å². The first-order chi connectivity index (χ1) is 11.7. The molecule has 0 aromatic heterocycles. The van der Waals surface area contributed by atoms with Crippen molar-refractivity contribution >= 4 is 22.9 Å². The van der Waals surface area contributed by atoms with Crippen molar-refractivity contribution < 1.29 is 9.53 Å². The van der Waals surface area contributed by atoms with Gasteiger partial charge < -0.3 is 9.64 Å². The molecule has 1 aromatic carbocycles. The Kier molecular flexibility index (Phi) is 3.96. The summed E-state index contributed by atoms with van der Waals surface area (Å²) in [7, 11) is 1.44. The number of ether oxygens (including phenoxy) is 1. The smallest absolute Gasteiger partial charge is 0.338 e. The Morgan fingerprint density at radius 1 is 1.25 bits per heavy atom. The number of hydrogen-bond acceptors (Lipinski definition) is 5. The quantitative estimate of drug-likeness (QED) is 0.749. The van der Waals surface area contributed by atoms with E-state index >= 15 is 0 Å². The van der Waals surface area contributed by atoms with Crippen LogP contribution in [0.5, 0.6) is 0 Å². The molecule has 0 N–H and O–H groups in total. The average molecular weight is 340 g/mol. The topological polar surface area (TPSA) is 41.9 Å². The van der Waals surface area contributed by atoms with Gasteiger partial charge >= 0.3 is 5.97 Å². The molecular formula is C19H20N2O2S. The Bertz CT molecular complexity index is 780. The lowest BCUT2D eigenvalue weighted by atomic mass is 9.92. The molecule has 124 valence electrons. The Balaban J connectivity index is 1.88. The number of benzene rings is 1. The standard InChI is InChI=1S/C19H20N2O2S/c1-12-16(18(22)23-2)17(13-8-4-3-5-9-13)21-14-10-6-7-11-15(14)24-19(21)20-12/h3-5,8-9,17H,6-7,10-11H2,1-2H3/t17-/m1/s1. The summed E-state index contributed by atoms with van der Waals surface area (Å²) in [4.78, 5) is 20.9. The fraction of sp³-hybridized carbons (Fsp3) is 0.368. The summed E-state index contributed by atoms with van der Waals surface area (Å²) >= 11 is 1.77. The number of thioether (sulfide) groups is 1. The van der Waals surface area contributed by atoms with E-state index in [2.05, 4.69) is 17.0 Å². The number of allylic oxidation sites excluding steroid dienone is 3. The molecule has 3 aliphatic rings. The fourth-order valence-corrected chi connectivity index (χ4v) is 4.98. The number of hydrogen-bond donors (Lipinski definition) is 0. The molecule has 1 atom stereocenters. The molecule has 24 heavy (non-hydrogen) atoms. The van der Waals surface area contributed by atoms with Crippen molar-refractivity contribution in [2.75, 3.05) is 7.11 Å². The van der Waals surface area contributed by atoms with Gasteiger partial charge in [-0.2, -0.15) is 0 Å². The number of carbonyl (C=O) groups excluding carboxylic acids is 1. The molecule has 1 aliphatic carbocycles. The van der Waals surface area contributed by atoms with E-state index in [0.29, 0.717) is 5.57 Å². The summed E-state index contributed by atoms with van der Waals surface area (Å²) in [6.07, 6.45) is 4.60. The van der Waals surface area contributed by atoms with E-state index in [0.717, 1.165) is 29.3 Å². The van der Waals surface area contributed by atoms with E-state index in [1.165, 1.54) is 30.6 Å². The second-order valence-corrected chi connectivity index (χ2v) is 7.31. The molecule has 0 unspecified atom stereocenters.